The van der Waals surface area contributed by atoms with Gasteiger partial charge in [0, 0.05) is 0 Å². The van der Waals surface area contributed by atoms with Crippen molar-refractivity contribution >= 4 is 6.09 Å². The van der Waals surface area contributed by atoms with Crippen LogP contribution in [0.25, 0.3) is 0 Å². The fraction of sp³-hybridized carbons (Fsp3) is 0.417. The van der Waals surface area contributed by atoms with E-state index >= 15 is 0 Å². The van der Waals surface area contributed by atoms with Gasteiger partial charge in [0.05, 0.1) is 6.10 Å². The Bertz CT molecular complexity index is 388. The van der Waals surface area contributed by atoms with Crippen LogP contribution < -0.4 is 5.73 Å². The zero-order valence-corrected chi connectivity index (χ0v) is 9.73. The van der Waals surface area contributed by atoms with Crippen LogP contribution in [0, 0.1) is 13.8 Å². The maximum atomic E-state index is 10.8. The lowest BCUT2D eigenvalue weighted by Gasteiger charge is -2.21. The smallest absolute Gasteiger partial charge is 0.405 e. The number of aliphatic hydroxyl groups excluding tert-OH is 1. The van der Waals surface area contributed by atoms with Gasteiger partial charge in [0.2, 0.25) is 0 Å². The largest absolute Gasteiger partial charge is 0.439 e. The van der Waals surface area contributed by atoms with Crippen molar-refractivity contribution in [2.75, 3.05) is 0 Å². The Morgan fingerprint density at radius 2 is 2.06 bits per heavy atom. The van der Waals surface area contributed by atoms with E-state index in [-0.39, 0.29) is 0 Å². The molecule has 0 heterocycles. The molecule has 0 radical (unpaired) electrons. The molecule has 0 fully saturated rings. The van der Waals surface area contributed by atoms with Gasteiger partial charge in [0.25, 0.3) is 0 Å². The molecular formula is C12H17NO3. The molecule has 0 spiro atoms. The van der Waals surface area contributed by atoms with E-state index in [9.17, 15) is 9.90 Å². The van der Waals surface area contributed by atoms with Crippen LogP contribution >= 0.6 is 0 Å². The van der Waals surface area contributed by atoms with E-state index in [1.807, 2.05) is 32.0 Å². The standard InChI is InChI=1S/C12H17NO3/c1-7-4-5-10(8(2)6-7)11(9(3)14)16-12(13)15/h4-6,9,11,14H,1-3H3,(H2,13,15). The number of ether oxygens (including phenoxy) is 1. The first-order valence-electron chi connectivity index (χ1n) is 5.13. The van der Waals surface area contributed by atoms with Crippen molar-refractivity contribution in [1.29, 1.82) is 0 Å². The van der Waals surface area contributed by atoms with E-state index in [0.717, 1.165) is 16.7 Å². The van der Waals surface area contributed by atoms with E-state index < -0.39 is 18.3 Å². The lowest BCUT2D eigenvalue weighted by molar-refractivity contribution is 0.0144. The van der Waals surface area contributed by atoms with Gasteiger partial charge in [-0.2, -0.15) is 0 Å². The number of rotatable bonds is 3. The molecule has 4 nitrogen and oxygen atoms in total. The summed E-state index contributed by atoms with van der Waals surface area (Å²) in [5.41, 5.74) is 7.83. The number of aryl methyl sites for hydroxylation is 2. The Labute approximate surface area is 95.0 Å². The topological polar surface area (TPSA) is 72.5 Å². The van der Waals surface area contributed by atoms with Gasteiger partial charge in [0.1, 0.15) is 0 Å². The zero-order chi connectivity index (χ0) is 12.3. The van der Waals surface area contributed by atoms with Gasteiger partial charge in [-0.05, 0) is 31.9 Å². The monoisotopic (exact) mass is 223 g/mol. The van der Waals surface area contributed by atoms with Crippen molar-refractivity contribution in [2.45, 2.75) is 33.0 Å². The number of aliphatic hydroxyl groups is 1. The normalized spacial score (nSPS) is 14.2. The second kappa shape index (κ2) is 4.99. The van der Waals surface area contributed by atoms with Gasteiger partial charge in [-0.15, -0.1) is 0 Å². The van der Waals surface area contributed by atoms with Gasteiger partial charge in [-0.25, -0.2) is 4.79 Å². The van der Waals surface area contributed by atoms with Crippen molar-refractivity contribution in [3.05, 3.63) is 34.9 Å². The molecule has 0 aliphatic rings. The summed E-state index contributed by atoms with van der Waals surface area (Å²) in [6.07, 6.45) is -2.39. The molecule has 0 saturated heterocycles. The summed E-state index contributed by atoms with van der Waals surface area (Å²) in [5.74, 6) is 0. The van der Waals surface area contributed by atoms with Crippen molar-refractivity contribution in [3.8, 4) is 0 Å². The minimum Gasteiger partial charge on any atom is -0.439 e. The van der Waals surface area contributed by atoms with Gasteiger partial charge in [-0.3, -0.25) is 0 Å². The fourth-order valence-electron chi connectivity index (χ4n) is 1.69. The van der Waals surface area contributed by atoms with Gasteiger partial charge in [-0.1, -0.05) is 23.8 Å². The third kappa shape index (κ3) is 2.97. The minimum absolute atomic E-state index is 0.710. The number of nitrogens with two attached hydrogens (primary N) is 1. The number of hydrogen-bond acceptors (Lipinski definition) is 3. The molecule has 3 N–H and O–H groups in total. The number of primary amides is 1. The third-order valence-corrected chi connectivity index (χ3v) is 2.41. The molecule has 16 heavy (non-hydrogen) atoms. The predicted octanol–water partition coefficient (Wildman–Crippen LogP) is 1.82. The first-order chi connectivity index (χ1) is 7.41. The summed E-state index contributed by atoms with van der Waals surface area (Å²) < 4.78 is 4.91. The number of amides is 1. The fourth-order valence-corrected chi connectivity index (χ4v) is 1.69. The van der Waals surface area contributed by atoms with E-state index in [1.54, 1.807) is 6.92 Å². The average Bonchev–Trinajstić information content (AvgIpc) is 2.14. The minimum atomic E-state index is -0.883. The molecule has 0 aromatic heterocycles. The summed E-state index contributed by atoms with van der Waals surface area (Å²) in [4.78, 5) is 10.8. The molecule has 1 amide bonds. The van der Waals surface area contributed by atoms with Crippen LogP contribution in [0.2, 0.25) is 0 Å². The highest BCUT2D eigenvalue weighted by molar-refractivity contribution is 5.65. The van der Waals surface area contributed by atoms with Crippen molar-refractivity contribution in [3.63, 3.8) is 0 Å². The van der Waals surface area contributed by atoms with Crippen LogP contribution in [0.3, 0.4) is 0 Å². The SMILES string of the molecule is Cc1ccc(C(OC(N)=O)C(C)O)c(C)c1. The zero-order valence-electron chi connectivity index (χ0n) is 9.73. The van der Waals surface area contributed by atoms with Gasteiger partial charge < -0.3 is 15.6 Å². The maximum Gasteiger partial charge on any atom is 0.405 e. The highest BCUT2D eigenvalue weighted by atomic mass is 16.6. The van der Waals surface area contributed by atoms with E-state index in [4.69, 9.17) is 10.5 Å². The molecule has 1 aromatic rings. The highest BCUT2D eigenvalue weighted by Crippen LogP contribution is 2.25. The predicted molar refractivity (Wildman–Crippen MR) is 61.0 cm³/mol. The molecule has 2 atom stereocenters. The second-order valence-electron chi connectivity index (χ2n) is 3.96. The molecule has 2 unspecified atom stereocenters. The molecule has 0 saturated carbocycles. The van der Waals surface area contributed by atoms with Crippen molar-refractivity contribution in [2.24, 2.45) is 5.73 Å². The average molecular weight is 223 g/mol. The first-order valence-corrected chi connectivity index (χ1v) is 5.13. The molecule has 88 valence electrons. The van der Waals surface area contributed by atoms with Crippen LogP contribution in [0.1, 0.15) is 29.7 Å². The molecule has 4 heteroatoms. The Kier molecular flexibility index (Phi) is 3.90. The number of carbonyl (C=O) groups excluding carboxylic acids is 1. The van der Waals surface area contributed by atoms with Gasteiger partial charge >= 0.3 is 6.09 Å². The number of benzene rings is 1. The maximum absolute atomic E-state index is 10.8. The van der Waals surface area contributed by atoms with Crippen LogP contribution in [0.15, 0.2) is 18.2 Å². The van der Waals surface area contributed by atoms with Crippen LogP contribution in [-0.2, 0) is 4.74 Å². The van der Waals surface area contributed by atoms with Crippen LogP contribution in [-0.4, -0.2) is 17.3 Å². The Balaban J connectivity index is 3.05. The lowest BCUT2D eigenvalue weighted by Crippen LogP contribution is -2.25. The highest BCUT2D eigenvalue weighted by Gasteiger charge is 2.22. The third-order valence-electron chi connectivity index (χ3n) is 2.41. The Morgan fingerprint density at radius 1 is 1.44 bits per heavy atom. The molecule has 0 aliphatic heterocycles. The second-order valence-corrected chi connectivity index (χ2v) is 3.96. The van der Waals surface area contributed by atoms with Crippen molar-refractivity contribution < 1.29 is 14.6 Å². The summed E-state index contributed by atoms with van der Waals surface area (Å²) in [6.45, 7) is 5.44. The van der Waals surface area contributed by atoms with Gasteiger partial charge in [0.15, 0.2) is 6.10 Å². The van der Waals surface area contributed by atoms with Crippen molar-refractivity contribution in [1.82, 2.24) is 0 Å². The Morgan fingerprint density at radius 3 is 2.50 bits per heavy atom. The summed E-state index contributed by atoms with van der Waals surface area (Å²) in [5, 5.41) is 9.58. The molecule has 1 rings (SSSR count). The lowest BCUT2D eigenvalue weighted by atomic mass is 9.98. The first kappa shape index (κ1) is 12.5. The van der Waals surface area contributed by atoms with Crippen LogP contribution in [0.5, 0.6) is 0 Å². The Hall–Kier alpha value is -1.55. The molecule has 0 bridgehead atoms. The number of hydrogen-bond donors (Lipinski definition) is 2. The molecule has 1 aromatic carbocycles. The quantitative estimate of drug-likeness (QED) is 0.821. The molecule has 0 aliphatic carbocycles. The summed E-state index contributed by atoms with van der Waals surface area (Å²) in [7, 11) is 0. The summed E-state index contributed by atoms with van der Waals surface area (Å²) in [6, 6.07) is 5.71. The summed E-state index contributed by atoms with van der Waals surface area (Å²) >= 11 is 0. The van der Waals surface area contributed by atoms with Crippen LogP contribution in [0.4, 0.5) is 4.79 Å². The van der Waals surface area contributed by atoms with E-state index in [2.05, 4.69) is 0 Å². The van der Waals surface area contributed by atoms with E-state index in [1.165, 1.54) is 0 Å². The number of carbonyl (C=O) groups is 1. The van der Waals surface area contributed by atoms with E-state index in [0.29, 0.717) is 0 Å². The molecular weight excluding hydrogens is 206 g/mol.